The number of carboxylic acids is 1. The molecule has 0 saturated heterocycles. The average Bonchev–Trinajstić information content (AvgIpc) is 2.36. The third kappa shape index (κ3) is 2.61. The molecule has 1 aromatic carbocycles. The van der Waals surface area contributed by atoms with Gasteiger partial charge in [-0.1, -0.05) is 6.92 Å². The van der Waals surface area contributed by atoms with Gasteiger partial charge in [-0.05, 0) is 18.2 Å². The second-order valence-electron chi connectivity index (χ2n) is 4.22. The first kappa shape index (κ1) is 12.4. The van der Waals surface area contributed by atoms with Crippen LogP contribution in [-0.2, 0) is 4.79 Å². The fourth-order valence-corrected chi connectivity index (χ4v) is 1.84. The van der Waals surface area contributed by atoms with E-state index in [0.29, 0.717) is 30.3 Å². The Balaban J connectivity index is 2.18. The lowest BCUT2D eigenvalue weighted by Gasteiger charge is -2.19. The Morgan fingerprint density at radius 3 is 2.61 bits per heavy atom. The van der Waals surface area contributed by atoms with Crippen LogP contribution in [0.1, 0.15) is 23.7 Å². The highest BCUT2D eigenvalue weighted by Gasteiger charge is 2.20. The predicted molar refractivity (Wildman–Crippen MR) is 63.2 cm³/mol. The van der Waals surface area contributed by atoms with E-state index in [-0.39, 0.29) is 12.2 Å². The van der Waals surface area contributed by atoms with Crippen molar-refractivity contribution in [1.29, 1.82) is 0 Å². The number of ether oxygens (including phenoxy) is 2. The molecule has 1 aliphatic heterocycles. The summed E-state index contributed by atoms with van der Waals surface area (Å²) in [7, 11) is 0. The number of benzene rings is 1. The highest BCUT2D eigenvalue weighted by molar-refractivity contribution is 5.99. The molecule has 18 heavy (non-hydrogen) atoms. The molecule has 0 aliphatic carbocycles. The lowest BCUT2D eigenvalue weighted by molar-refractivity contribution is -0.137. The first-order chi connectivity index (χ1) is 8.58. The van der Waals surface area contributed by atoms with Gasteiger partial charge in [0.2, 0.25) is 0 Å². The van der Waals surface area contributed by atoms with Crippen molar-refractivity contribution in [2.24, 2.45) is 5.92 Å². The summed E-state index contributed by atoms with van der Waals surface area (Å²) in [6.07, 6.45) is -0.173. The summed E-state index contributed by atoms with van der Waals surface area (Å²) in [6.45, 7) is 2.55. The normalized spacial score (nSPS) is 14.9. The average molecular weight is 250 g/mol. The Morgan fingerprint density at radius 1 is 1.28 bits per heavy atom. The van der Waals surface area contributed by atoms with Crippen LogP contribution in [0.3, 0.4) is 0 Å². The van der Waals surface area contributed by atoms with Gasteiger partial charge < -0.3 is 14.6 Å². The minimum Gasteiger partial charge on any atom is -0.486 e. The Bertz CT molecular complexity index is 480. The maximum Gasteiger partial charge on any atom is 0.304 e. The number of ketones is 1. The number of carbonyl (C=O) groups excluding carboxylic acids is 1. The second kappa shape index (κ2) is 5.08. The standard InChI is InChI=1S/C13H14O5/c1-8(6-12(14)15)13(16)9-2-3-10-11(7-9)18-5-4-17-10/h2-3,7-8H,4-6H2,1H3,(H,14,15). The molecule has 0 fully saturated rings. The quantitative estimate of drug-likeness (QED) is 0.824. The van der Waals surface area contributed by atoms with Crippen molar-refractivity contribution in [3.8, 4) is 11.5 Å². The van der Waals surface area contributed by atoms with Crippen molar-refractivity contribution in [3.63, 3.8) is 0 Å². The van der Waals surface area contributed by atoms with Gasteiger partial charge in [-0.25, -0.2) is 0 Å². The molecular formula is C13H14O5. The first-order valence-corrected chi connectivity index (χ1v) is 5.73. The molecule has 5 nitrogen and oxygen atoms in total. The zero-order valence-corrected chi connectivity index (χ0v) is 10.0. The van der Waals surface area contributed by atoms with Crippen molar-refractivity contribution >= 4 is 11.8 Å². The summed E-state index contributed by atoms with van der Waals surface area (Å²) >= 11 is 0. The van der Waals surface area contributed by atoms with E-state index >= 15 is 0 Å². The van der Waals surface area contributed by atoms with E-state index in [2.05, 4.69) is 0 Å². The minimum atomic E-state index is -0.978. The molecule has 96 valence electrons. The van der Waals surface area contributed by atoms with Crippen LogP contribution in [0, 0.1) is 5.92 Å². The van der Waals surface area contributed by atoms with E-state index < -0.39 is 11.9 Å². The molecule has 1 unspecified atom stereocenters. The van der Waals surface area contributed by atoms with Gasteiger partial charge in [0.25, 0.3) is 0 Å². The summed E-state index contributed by atoms with van der Waals surface area (Å²) in [5.41, 5.74) is 0.452. The molecule has 1 atom stereocenters. The predicted octanol–water partition coefficient (Wildman–Crippen LogP) is 1.75. The number of carboxylic acid groups (broad SMARTS) is 1. The zero-order valence-electron chi connectivity index (χ0n) is 10.0. The summed E-state index contributed by atoms with van der Waals surface area (Å²) in [5, 5.41) is 8.67. The van der Waals surface area contributed by atoms with Gasteiger partial charge in [-0.15, -0.1) is 0 Å². The maximum atomic E-state index is 12.0. The molecular weight excluding hydrogens is 236 g/mol. The van der Waals surface area contributed by atoms with E-state index in [4.69, 9.17) is 14.6 Å². The number of fused-ring (bicyclic) bond motifs is 1. The van der Waals surface area contributed by atoms with Crippen molar-refractivity contribution < 1.29 is 24.2 Å². The van der Waals surface area contributed by atoms with E-state index in [1.54, 1.807) is 25.1 Å². The molecule has 1 N–H and O–H groups in total. The number of hydrogen-bond donors (Lipinski definition) is 1. The monoisotopic (exact) mass is 250 g/mol. The molecule has 2 rings (SSSR count). The van der Waals surface area contributed by atoms with E-state index in [1.807, 2.05) is 0 Å². The Kier molecular flexibility index (Phi) is 3.50. The number of rotatable bonds is 4. The fraction of sp³-hybridized carbons (Fsp3) is 0.385. The molecule has 1 heterocycles. The van der Waals surface area contributed by atoms with Gasteiger partial charge in [-0.2, -0.15) is 0 Å². The van der Waals surface area contributed by atoms with E-state index in [1.165, 1.54) is 0 Å². The molecule has 1 aromatic rings. The smallest absolute Gasteiger partial charge is 0.304 e. The lowest BCUT2D eigenvalue weighted by Crippen LogP contribution is -2.18. The third-order valence-electron chi connectivity index (χ3n) is 2.76. The SMILES string of the molecule is CC(CC(=O)O)C(=O)c1ccc2c(c1)OCCO2. The van der Waals surface area contributed by atoms with Crippen LogP contribution in [0.15, 0.2) is 18.2 Å². The Morgan fingerprint density at radius 2 is 1.94 bits per heavy atom. The molecule has 1 aliphatic rings. The summed E-state index contributed by atoms with van der Waals surface area (Å²) in [6, 6.07) is 4.92. The number of carbonyl (C=O) groups is 2. The second-order valence-corrected chi connectivity index (χ2v) is 4.22. The largest absolute Gasteiger partial charge is 0.486 e. The van der Waals surface area contributed by atoms with Crippen LogP contribution < -0.4 is 9.47 Å². The summed E-state index contributed by atoms with van der Waals surface area (Å²) in [4.78, 5) is 22.6. The highest BCUT2D eigenvalue weighted by atomic mass is 16.6. The van der Waals surface area contributed by atoms with Gasteiger partial charge in [0.05, 0.1) is 6.42 Å². The number of Topliss-reactive ketones (excluding diaryl/α,β-unsaturated/α-hetero) is 1. The van der Waals surface area contributed by atoms with Crippen LogP contribution in [0.2, 0.25) is 0 Å². The molecule has 0 saturated carbocycles. The van der Waals surface area contributed by atoms with Gasteiger partial charge >= 0.3 is 5.97 Å². The maximum absolute atomic E-state index is 12.0. The topological polar surface area (TPSA) is 72.8 Å². The van der Waals surface area contributed by atoms with Gasteiger partial charge in [0, 0.05) is 11.5 Å². The van der Waals surface area contributed by atoms with Gasteiger partial charge in [0.15, 0.2) is 17.3 Å². The van der Waals surface area contributed by atoms with Crippen LogP contribution in [0.25, 0.3) is 0 Å². The molecule has 0 bridgehead atoms. The fourth-order valence-electron chi connectivity index (χ4n) is 1.84. The molecule has 0 spiro atoms. The summed E-state index contributed by atoms with van der Waals surface area (Å²) in [5.74, 6) is -0.578. The highest BCUT2D eigenvalue weighted by Crippen LogP contribution is 2.31. The van der Waals surface area contributed by atoms with Crippen LogP contribution in [0.4, 0.5) is 0 Å². The van der Waals surface area contributed by atoms with Crippen molar-refractivity contribution in [3.05, 3.63) is 23.8 Å². The van der Waals surface area contributed by atoms with E-state index in [0.717, 1.165) is 0 Å². The first-order valence-electron chi connectivity index (χ1n) is 5.73. The lowest BCUT2D eigenvalue weighted by atomic mass is 9.96. The van der Waals surface area contributed by atoms with Crippen LogP contribution in [0.5, 0.6) is 11.5 Å². The molecule has 0 amide bonds. The van der Waals surface area contributed by atoms with Crippen LogP contribution in [-0.4, -0.2) is 30.1 Å². The van der Waals surface area contributed by atoms with Crippen molar-refractivity contribution in [1.82, 2.24) is 0 Å². The van der Waals surface area contributed by atoms with Gasteiger partial charge in [-0.3, -0.25) is 9.59 Å². The molecule has 0 radical (unpaired) electrons. The molecule has 5 heteroatoms. The number of aliphatic carboxylic acids is 1. The van der Waals surface area contributed by atoms with E-state index in [9.17, 15) is 9.59 Å². The third-order valence-corrected chi connectivity index (χ3v) is 2.76. The minimum absolute atomic E-state index is 0.173. The zero-order chi connectivity index (χ0) is 13.1. The Hall–Kier alpha value is -2.04. The molecule has 0 aromatic heterocycles. The number of hydrogen-bond acceptors (Lipinski definition) is 4. The van der Waals surface area contributed by atoms with Crippen LogP contribution >= 0.6 is 0 Å². The van der Waals surface area contributed by atoms with Crippen molar-refractivity contribution in [2.45, 2.75) is 13.3 Å². The summed E-state index contributed by atoms with van der Waals surface area (Å²) < 4.78 is 10.7. The van der Waals surface area contributed by atoms with Gasteiger partial charge in [0.1, 0.15) is 13.2 Å². The van der Waals surface area contributed by atoms with Crippen molar-refractivity contribution in [2.75, 3.05) is 13.2 Å². The Labute approximate surface area is 104 Å².